The Bertz CT molecular complexity index is 1070. The minimum absolute atomic E-state index is 0.0301. The van der Waals surface area contributed by atoms with E-state index in [1.54, 1.807) is 6.07 Å². The van der Waals surface area contributed by atoms with Gasteiger partial charge in [0, 0.05) is 25.7 Å². The maximum atomic E-state index is 11.7. The van der Waals surface area contributed by atoms with Crippen LogP contribution in [0, 0.1) is 0 Å². The zero-order valence-corrected chi connectivity index (χ0v) is 18.5. The van der Waals surface area contributed by atoms with Crippen LogP contribution in [0.2, 0.25) is 0 Å². The van der Waals surface area contributed by atoms with E-state index < -0.39 is 20.0 Å². The van der Waals surface area contributed by atoms with E-state index in [4.69, 9.17) is 10.1 Å². The molecule has 1 aromatic carbocycles. The Balaban J connectivity index is 1.81. The van der Waals surface area contributed by atoms with Gasteiger partial charge in [-0.25, -0.2) is 31.7 Å². The third kappa shape index (κ3) is 5.76. The van der Waals surface area contributed by atoms with Crippen LogP contribution in [0.1, 0.15) is 38.4 Å². The standard InChI is InChI=1S/C18H29N5O4S2/c1-3-4-9-23-17-6-5-15(29(19,26)27)12-16(17)20-18(23)13-22-10-7-14(8-11-22)21-28(2,24)25/h5-6,12,14,21H,3-4,7-11,13H2,1-2H3,(H2,19,26,27). The molecule has 0 amide bonds. The molecule has 1 aliphatic rings. The van der Waals surface area contributed by atoms with Crippen LogP contribution in [0.5, 0.6) is 0 Å². The number of piperidine rings is 1. The van der Waals surface area contributed by atoms with Gasteiger partial charge in [0.1, 0.15) is 5.82 Å². The first kappa shape index (κ1) is 22.2. The lowest BCUT2D eigenvalue weighted by Gasteiger charge is -2.31. The highest BCUT2D eigenvalue weighted by Gasteiger charge is 2.23. The smallest absolute Gasteiger partial charge is 0.238 e. The van der Waals surface area contributed by atoms with E-state index >= 15 is 0 Å². The number of hydrogen-bond acceptors (Lipinski definition) is 6. The van der Waals surface area contributed by atoms with Gasteiger partial charge in [-0.2, -0.15) is 0 Å². The number of primary sulfonamides is 1. The lowest BCUT2D eigenvalue weighted by molar-refractivity contribution is 0.193. The van der Waals surface area contributed by atoms with E-state index in [0.29, 0.717) is 12.1 Å². The fourth-order valence-corrected chi connectivity index (χ4v) is 5.11. The molecule has 0 saturated carbocycles. The summed E-state index contributed by atoms with van der Waals surface area (Å²) in [6.45, 7) is 5.11. The number of benzene rings is 1. The zero-order valence-electron chi connectivity index (χ0n) is 16.8. The molecule has 3 rings (SSSR count). The highest BCUT2D eigenvalue weighted by molar-refractivity contribution is 7.89. The molecule has 0 bridgehead atoms. The lowest BCUT2D eigenvalue weighted by atomic mass is 10.1. The molecule has 162 valence electrons. The summed E-state index contributed by atoms with van der Waals surface area (Å²) in [4.78, 5) is 7.02. The molecule has 9 nitrogen and oxygen atoms in total. The van der Waals surface area contributed by atoms with Gasteiger partial charge < -0.3 is 4.57 Å². The van der Waals surface area contributed by atoms with E-state index in [2.05, 4.69) is 21.1 Å². The van der Waals surface area contributed by atoms with E-state index in [1.165, 1.54) is 18.4 Å². The van der Waals surface area contributed by atoms with Crippen LogP contribution in [0.15, 0.2) is 23.1 Å². The highest BCUT2D eigenvalue weighted by Crippen LogP contribution is 2.23. The largest absolute Gasteiger partial charge is 0.327 e. The van der Waals surface area contributed by atoms with Gasteiger partial charge in [-0.05, 0) is 37.5 Å². The number of rotatable bonds is 8. The number of imidazole rings is 1. The molecule has 0 spiro atoms. The molecule has 11 heteroatoms. The summed E-state index contributed by atoms with van der Waals surface area (Å²) >= 11 is 0. The van der Waals surface area contributed by atoms with Gasteiger partial charge in [0.05, 0.1) is 28.7 Å². The van der Waals surface area contributed by atoms with Crippen molar-refractivity contribution in [2.24, 2.45) is 5.14 Å². The molecule has 0 unspecified atom stereocenters. The third-order valence-corrected chi connectivity index (χ3v) is 6.87. The number of nitrogens with two attached hydrogens (primary N) is 1. The van der Waals surface area contributed by atoms with Crippen molar-refractivity contribution in [3.8, 4) is 0 Å². The molecule has 0 radical (unpaired) electrons. The van der Waals surface area contributed by atoms with Crippen LogP contribution >= 0.6 is 0 Å². The average Bonchev–Trinajstić information content (AvgIpc) is 2.96. The molecule has 0 atom stereocenters. The first-order chi connectivity index (χ1) is 13.6. The van der Waals surface area contributed by atoms with Gasteiger partial charge in [-0.15, -0.1) is 0 Å². The summed E-state index contributed by atoms with van der Waals surface area (Å²) in [5, 5.41) is 5.26. The maximum absolute atomic E-state index is 11.7. The van der Waals surface area contributed by atoms with E-state index in [1.807, 2.05) is 0 Å². The minimum atomic E-state index is -3.78. The van der Waals surface area contributed by atoms with E-state index in [9.17, 15) is 16.8 Å². The first-order valence-corrected chi connectivity index (χ1v) is 13.2. The Labute approximate surface area is 172 Å². The van der Waals surface area contributed by atoms with Crippen molar-refractivity contribution in [2.75, 3.05) is 19.3 Å². The van der Waals surface area contributed by atoms with Crippen molar-refractivity contribution in [1.29, 1.82) is 0 Å². The number of nitrogens with one attached hydrogen (secondary N) is 1. The molecular formula is C18H29N5O4S2. The van der Waals surface area contributed by atoms with Crippen LogP contribution in [0.3, 0.4) is 0 Å². The average molecular weight is 444 g/mol. The summed E-state index contributed by atoms with van der Waals surface area (Å²) < 4.78 is 51.0. The zero-order chi connectivity index (χ0) is 21.2. The SMILES string of the molecule is CCCCn1c(CN2CCC(NS(C)(=O)=O)CC2)nc2cc(S(N)(=O)=O)ccc21. The summed E-state index contributed by atoms with van der Waals surface area (Å²) in [6.07, 6.45) is 4.72. The molecule has 1 aliphatic heterocycles. The summed E-state index contributed by atoms with van der Waals surface area (Å²) in [5.74, 6) is 0.884. The Morgan fingerprint density at radius 1 is 1.21 bits per heavy atom. The van der Waals surface area contributed by atoms with Crippen LogP contribution in [0.25, 0.3) is 11.0 Å². The molecule has 1 saturated heterocycles. The number of likely N-dealkylation sites (tertiary alicyclic amines) is 1. The third-order valence-electron chi connectivity index (χ3n) is 5.20. The molecular weight excluding hydrogens is 414 g/mol. The predicted molar refractivity (Wildman–Crippen MR) is 112 cm³/mol. The van der Waals surface area contributed by atoms with Crippen LogP contribution in [-0.2, 0) is 33.1 Å². The molecule has 0 aliphatic carbocycles. The first-order valence-electron chi connectivity index (χ1n) is 9.78. The number of fused-ring (bicyclic) bond motifs is 1. The fraction of sp³-hybridized carbons (Fsp3) is 0.611. The molecule has 1 aromatic heterocycles. The Morgan fingerprint density at radius 2 is 1.90 bits per heavy atom. The molecule has 1 fully saturated rings. The second-order valence-electron chi connectivity index (χ2n) is 7.67. The van der Waals surface area contributed by atoms with Gasteiger partial charge in [-0.3, -0.25) is 4.90 Å². The Morgan fingerprint density at radius 3 is 2.48 bits per heavy atom. The quantitative estimate of drug-likeness (QED) is 0.626. The Hall–Kier alpha value is -1.53. The minimum Gasteiger partial charge on any atom is -0.327 e. The predicted octanol–water partition coefficient (Wildman–Crippen LogP) is 0.997. The normalized spacial score (nSPS) is 17.2. The number of aromatic nitrogens is 2. The van der Waals surface area contributed by atoms with Crippen molar-refractivity contribution in [1.82, 2.24) is 19.2 Å². The molecule has 2 heterocycles. The molecule has 3 N–H and O–H groups in total. The highest BCUT2D eigenvalue weighted by atomic mass is 32.2. The van der Waals surface area contributed by atoms with Crippen molar-refractivity contribution < 1.29 is 16.8 Å². The van der Waals surface area contributed by atoms with Crippen LogP contribution in [-0.4, -0.2) is 56.7 Å². The summed E-state index contributed by atoms with van der Waals surface area (Å²) in [7, 11) is -6.97. The van der Waals surface area contributed by atoms with Gasteiger partial charge in [0.25, 0.3) is 0 Å². The number of hydrogen-bond donors (Lipinski definition) is 2. The molecule has 2 aromatic rings. The summed E-state index contributed by atoms with van der Waals surface area (Å²) in [5.41, 5.74) is 1.52. The molecule has 29 heavy (non-hydrogen) atoms. The second kappa shape index (κ2) is 8.68. The number of sulfonamides is 2. The van der Waals surface area contributed by atoms with Crippen LogP contribution < -0.4 is 9.86 Å². The number of unbranched alkanes of at least 4 members (excludes halogenated alkanes) is 1. The Kier molecular flexibility index (Phi) is 6.64. The number of aryl methyl sites for hydroxylation is 1. The topological polar surface area (TPSA) is 127 Å². The lowest BCUT2D eigenvalue weighted by Crippen LogP contribution is -2.44. The van der Waals surface area contributed by atoms with Crippen molar-refractivity contribution in [3.05, 3.63) is 24.0 Å². The van der Waals surface area contributed by atoms with Crippen molar-refractivity contribution >= 4 is 31.1 Å². The fourth-order valence-electron chi connectivity index (χ4n) is 3.73. The van der Waals surface area contributed by atoms with E-state index in [0.717, 1.165) is 56.7 Å². The van der Waals surface area contributed by atoms with Gasteiger partial charge in [-0.1, -0.05) is 13.3 Å². The van der Waals surface area contributed by atoms with Gasteiger partial charge in [0.15, 0.2) is 0 Å². The van der Waals surface area contributed by atoms with E-state index in [-0.39, 0.29) is 10.9 Å². The number of nitrogens with zero attached hydrogens (tertiary/aromatic N) is 3. The monoisotopic (exact) mass is 443 g/mol. The van der Waals surface area contributed by atoms with Gasteiger partial charge in [0.2, 0.25) is 20.0 Å². The maximum Gasteiger partial charge on any atom is 0.238 e. The second-order valence-corrected chi connectivity index (χ2v) is 11.0. The van der Waals surface area contributed by atoms with Gasteiger partial charge >= 0.3 is 0 Å². The summed E-state index contributed by atoms with van der Waals surface area (Å²) in [6, 6.07) is 4.79. The van der Waals surface area contributed by atoms with Crippen molar-refractivity contribution in [2.45, 2.75) is 56.6 Å². The van der Waals surface area contributed by atoms with Crippen molar-refractivity contribution in [3.63, 3.8) is 0 Å². The van der Waals surface area contributed by atoms with Crippen LogP contribution in [0.4, 0.5) is 0 Å².